The van der Waals surface area contributed by atoms with E-state index in [1.807, 2.05) is 31.2 Å². The number of halogens is 2. The molecule has 3 aromatic rings. The van der Waals surface area contributed by atoms with E-state index in [-0.39, 0.29) is 11.6 Å². The molecule has 2 aromatic carbocycles. The summed E-state index contributed by atoms with van der Waals surface area (Å²) in [6, 6.07) is 11.9. The van der Waals surface area contributed by atoms with Gasteiger partial charge in [0.05, 0.1) is 22.6 Å². The van der Waals surface area contributed by atoms with Gasteiger partial charge in [0.15, 0.2) is 0 Å². The average molecular weight is 492 g/mol. The fraction of sp³-hybridized carbons (Fsp3) is 0.318. The molecule has 0 saturated heterocycles. The van der Waals surface area contributed by atoms with Crippen molar-refractivity contribution in [1.82, 2.24) is 14.5 Å². The number of carbonyl (C=O) groups is 1. The molecule has 0 bridgehead atoms. The number of fused-ring (bicyclic) bond motifs is 1. The Morgan fingerprint density at radius 3 is 2.73 bits per heavy atom. The zero-order chi connectivity index (χ0) is 21.8. The maximum absolute atomic E-state index is 13.2. The zero-order valence-corrected chi connectivity index (χ0v) is 19.5. The molecule has 6 nitrogen and oxygen atoms in total. The summed E-state index contributed by atoms with van der Waals surface area (Å²) in [5.41, 5.74) is 1.06. The van der Waals surface area contributed by atoms with Crippen LogP contribution in [-0.2, 0) is 7.05 Å². The van der Waals surface area contributed by atoms with Crippen molar-refractivity contribution >= 4 is 50.2 Å². The number of hydrogen-bond acceptors (Lipinski definition) is 3. The second-order valence-corrected chi connectivity index (χ2v) is 8.42. The first-order chi connectivity index (χ1) is 14.3. The van der Waals surface area contributed by atoms with Crippen molar-refractivity contribution < 1.29 is 4.79 Å². The number of carbonyl (C=O) groups excluding carboxylic acids is 1. The van der Waals surface area contributed by atoms with Gasteiger partial charge in [-0.25, -0.2) is 9.78 Å². The molecule has 8 heteroatoms. The van der Waals surface area contributed by atoms with Crippen LogP contribution in [0.2, 0.25) is 5.02 Å². The molecule has 0 aliphatic rings. The average Bonchev–Trinajstić information content (AvgIpc) is 2.73. The molecule has 0 aliphatic heterocycles. The molecule has 0 fully saturated rings. The van der Waals surface area contributed by atoms with Crippen molar-refractivity contribution in [3.8, 4) is 0 Å². The van der Waals surface area contributed by atoms with Crippen molar-refractivity contribution in [2.45, 2.75) is 32.7 Å². The summed E-state index contributed by atoms with van der Waals surface area (Å²) >= 11 is 9.50. The summed E-state index contributed by atoms with van der Waals surface area (Å²) in [5, 5.41) is 3.90. The Morgan fingerprint density at radius 2 is 2.03 bits per heavy atom. The zero-order valence-electron chi connectivity index (χ0n) is 17.2. The lowest BCUT2D eigenvalue weighted by atomic mass is 10.2. The third kappa shape index (κ3) is 4.68. The van der Waals surface area contributed by atoms with Crippen LogP contribution in [0.5, 0.6) is 0 Å². The van der Waals surface area contributed by atoms with Crippen LogP contribution in [-0.4, -0.2) is 27.0 Å². The van der Waals surface area contributed by atoms with Crippen LogP contribution < -0.4 is 10.9 Å². The second-order valence-electron chi connectivity index (χ2n) is 7.13. The predicted octanol–water partition coefficient (Wildman–Crippen LogP) is 5.74. The Bertz CT molecular complexity index is 1130. The van der Waals surface area contributed by atoms with Gasteiger partial charge in [0.25, 0.3) is 5.56 Å². The smallest absolute Gasteiger partial charge is 0.315 e. The van der Waals surface area contributed by atoms with E-state index in [1.165, 1.54) is 4.57 Å². The molecular weight excluding hydrogens is 468 g/mol. The number of nitrogens with one attached hydrogen (secondary N) is 1. The number of aromatic nitrogens is 2. The van der Waals surface area contributed by atoms with E-state index in [0.717, 1.165) is 17.3 Å². The Hall–Kier alpha value is -2.38. The van der Waals surface area contributed by atoms with Crippen LogP contribution in [0.3, 0.4) is 0 Å². The largest absolute Gasteiger partial charge is 0.322 e. The molecule has 158 valence electrons. The molecule has 3 rings (SSSR count). The SMILES string of the molecule is CCCCN(C(=O)Nc1ccccc1Br)C(C)c1nc2ccc(Cl)cc2c(=O)n1C. The van der Waals surface area contributed by atoms with Gasteiger partial charge in [0.1, 0.15) is 5.82 Å². The van der Waals surface area contributed by atoms with Crippen LogP contribution in [0.1, 0.15) is 38.6 Å². The predicted molar refractivity (Wildman–Crippen MR) is 125 cm³/mol. The minimum absolute atomic E-state index is 0.189. The molecule has 1 unspecified atom stereocenters. The number of urea groups is 1. The molecule has 1 heterocycles. The molecule has 1 atom stereocenters. The van der Waals surface area contributed by atoms with Gasteiger partial charge >= 0.3 is 6.03 Å². The quantitative estimate of drug-likeness (QED) is 0.478. The summed E-state index contributed by atoms with van der Waals surface area (Å²) in [4.78, 5) is 32.4. The van der Waals surface area contributed by atoms with Gasteiger partial charge in [0, 0.05) is 23.1 Å². The number of nitrogens with zero attached hydrogens (tertiary/aromatic N) is 3. The first-order valence-corrected chi connectivity index (χ1v) is 11.0. The van der Waals surface area contributed by atoms with Gasteiger partial charge in [-0.05, 0) is 59.6 Å². The van der Waals surface area contributed by atoms with Crippen molar-refractivity contribution in [3.63, 3.8) is 0 Å². The number of unbranched alkanes of at least 4 members (excludes halogenated alkanes) is 1. The Balaban J connectivity index is 1.99. The van der Waals surface area contributed by atoms with Crippen molar-refractivity contribution in [1.29, 1.82) is 0 Å². The molecular formula is C22H24BrClN4O2. The fourth-order valence-corrected chi connectivity index (χ4v) is 3.88. The monoisotopic (exact) mass is 490 g/mol. The lowest BCUT2D eigenvalue weighted by molar-refractivity contribution is 0.187. The van der Waals surface area contributed by atoms with Crippen molar-refractivity contribution in [3.05, 3.63) is 68.1 Å². The molecule has 0 radical (unpaired) electrons. The third-order valence-electron chi connectivity index (χ3n) is 5.04. The Morgan fingerprint density at radius 1 is 1.30 bits per heavy atom. The molecule has 0 spiro atoms. The first kappa shape index (κ1) is 22.3. The van der Waals surface area contributed by atoms with E-state index >= 15 is 0 Å². The van der Waals surface area contributed by atoms with Gasteiger partial charge in [0.2, 0.25) is 0 Å². The fourth-order valence-electron chi connectivity index (χ4n) is 3.32. The molecule has 0 aliphatic carbocycles. The van der Waals surface area contributed by atoms with Crippen molar-refractivity contribution in [2.75, 3.05) is 11.9 Å². The minimum atomic E-state index is -0.406. The van der Waals surface area contributed by atoms with Crippen LogP contribution in [0.25, 0.3) is 10.9 Å². The number of amides is 2. The summed E-state index contributed by atoms with van der Waals surface area (Å²) < 4.78 is 2.29. The summed E-state index contributed by atoms with van der Waals surface area (Å²) in [6.07, 6.45) is 1.78. The highest BCUT2D eigenvalue weighted by atomic mass is 79.9. The van der Waals surface area contributed by atoms with Gasteiger partial charge < -0.3 is 10.2 Å². The highest BCUT2D eigenvalue weighted by Gasteiger charge is 2.25. The Kier molecular flexibility index (Phi) is 7.15. The molecule has 0 saturated carbocycles. The number of hydrogen-bond donors (Lipinski definition) is 1. The van der Waals surface area contributed by atoms with Gasteiger partial charge in [-0.2, -0.15) is 0 Å². The normalized spacial score (nSPS) is 12.0. The highest BCUT2D eigenvalue weighted by Crippen LogP contribution is 2.25. The first-order valence-electron chi connectivity index (χ1n) is 9.81. The summed E-state index contributed by atoms with van der Waals surface area (Å²) in [7, 11) is 1.67. The third-order valence-corrected chi connectivity index (χ3v) is 5.97. The lowest BCUT2D eigenvalue weighted by Crippen LogP contribution is -2.40. The van der Waals surface area contributed by atoms with Crippen LogP contribution >= 0.6 is 27.5 Å². The second kappa shape index (κ2) is 9.62. The standard InChI is InChI=1S/C22H24BrClN4O2/c1-4-5-12-28(22(30)26-19-9-7-6-8-17(19)23)14(2)20-25-18-11-10-15(24)13-16(18)21(29)27(20)3/h6-11,13-14H,4-5,12H2,1-3H3,(H,26,30). The van der Waals surface area contributed by atoms with Gasteiger partial charge in [-0.1, -0.05) is 37.1 Å². The Labute approximate surface area is 189 Å². The minimum Gasteiger partial charge on any atom is -0.315 e. The topological polar surface area (TPSA) is 67.2 Å². The van der Waals surface area contributed by atoms with E-state index in [2.05, 4.69) is 33.2 Å². The lowest BCUT2D eigenvalue weighted by Gasteiger charge is -2.30. The number of rotatable bonds is 6. The summed E-state index contributed by atoms with van der Waals surface area (Å²) in [5.74, 6) is 0.521. The molecule has 1 N–H and O–H groups in total. The van der Waals surface area contributed by atoms with Crippen LogP contribution in [0.4, 0.5) is 10.5 Å². The molecule has 30 heavy (non-hydrogen) atoms. The molecule has 1 aromatic heterocycles. The van der Waals surface area contributed by atoms with Crippen molar-refractivity contribution in [2.24, 2.45) is 7.05 Å². The van der Waals surface area contributed by atoms with Gasteiger partial charge in [-0.3, -0.25) is 9.36 Å². The van der Waals surface area contributed by atoms with E-state index in [4.69, 9.17) is 11.6 Å². The van der Waals surface area contributed by atoms with E-state index in [0.29, 0.717) is 34.0 Å². The maximum Gasteiger partial charge on any atom is 0.322 e. The number of benzene rings is 2. The number of anilines is 1. The van der Waals surface area contributed by atoms with Gasteiger partial charge in [-0.15, -0.1) is 0 Å². The maximum atomic E-state index is 13.2. The van der Waals surface area contributed by atoms with E-state index in [9.17, 15) is 9.59 Å². The van der Waals surface area contributed by atoms with E-state index in [1.54, 1.807) is 30.1 Å². The van der Waals surface area contributed by atoms with E-state index < -0.39 is 6.04 Å². The van der Waals surface area contributed by atoms with Crippen LogP contribution in [0.15, 0.2) is 51.7 Å². The number of para-hydroxylation sites is 1. The van der Waals surface area contributed by atoms with Crippen LogP contribution in [0, 0.1) is 0 Å². The molecule has 2 amide bonds. The summed E-state index contributed by atoms with van der Waals surface area (Å²) in [6.45, 7) is 4.50. The highest BCUT2D eigenvalue weighted by molar-refractivity contribution is 9.10.